The Morgan fingerprint density at radius 2 is 1.92 bits per heavy atom. The number of carbonyl (C=O) groups excluding carboxylic acids is 1. The van der Waals surface area contributed by atoms with Gasteiger partial charge in [0.1, 0.15) is 12.1 Å². The molecule has 4 aromatic rings. The number of amides is 1. The summed E-state index contributed by atoms with van der Waals surface area (Å²) in [5, 5.41) is 4.40. The molecule has 1 aliphatic heterocycles. The highest BCUT2D eigenvalue weighted by Gasteiger charge is 2.30. The van der Waals surface area contributed by atoms with E-state index in [-0.39, 0.29) is 23.4 Å². The standard InChI is InChI=1S/C30H42N8O/c1-18(2)26-27(22-15-38-29(31-17-32-38)21(5)20(22)4)33-23-10-11-24(34-28(23)26)37-13-12-36(14-19(37)3)25(39)16-35(9)30(6,7)8/h10-11,15,17-19,33H,12-14,16H2,1-9H3/t19-/m0/s1. The lowest BCUT2D eigenvalue weighted by Gasteiger charge is -2.41. The van der Waals surface area contributed by atoms with Crippen LogP contribution in [-0.2, 0) is 4.79 Å². The van der Waals surface area contributed by atoms with Gasteiger partial charge >= 0.3 is 0 Å². The highest BCUT2D eigenvalue weighted by Crippen LogP contribution is 2.38. The average Bonchev–Trinajstić information content (AvgIpc) is 3.49. The molecular weight excluding hydrogens is 488 g/mol. The molecular formula is C30H42N8O. The van der Waals surface area contributed by atoms with Gasteiger partial charge in [-0.3, -0.25) is 9.69 Å². The van der Waals surface area contributed by atoms with E-state index in [0.29, 0.717) is 19.6 Å². The maximum absolute atomic E-state index is 13.0. The number of H-pyrrole nitrogens is 1. The summed E-state index contributed by atoms with van der Waals surface area (Å²) in [6, 6.07) is 4.42. The summed E-state index contributed by atoms with van der Waals surface area (Å²) >= 11 is 0. The van der Waals surface area contributed by atoms with Crippen molar-refractivity contribution in [1.29, 1.82) is 0 Å². The number of fused-ring (bicyclic) bond motifs is 2. The van der Waals surface area contributed by atoms with Crippen LogP contribution in [-0.4, -0.2) is 85.1 Å². The van der Waals surface area contributed by atoms with Gasteiger partial charge in [0.2, 0.25) is 5.91 Å². The molecule has 0 aromatic carbocycles. The number of rotatable bonds is 5. The zero-order chi connectivity index (χ0) is 28.2. The molecule has 1 saturated heterocycles. The Labute approximate surface area is 231 Å². The molecule has 208 valence electrons. The number of nitrogens with one attached hydrogen (secondary N) is 1. The predicted octanol–water partition coefficient (Wildman–Crippen LogP) is 4.78. The maximum atomic E-state index is 13.0. The van der Waals surface area contributed by atoms with Gasteiger partial charge in [-0.1, -0.05) is 13.8 Å². The number of hydrogen-bond acceptors (Lipinski definition) is 6. The number of nitrogens with zero attached hydrogens (tertiary/aromatic N) is 7. The van der Waals surface area contributed by atoms with E-state index in [1.807, 2.05) is 16.5 Å². The molecule has 1 aliphatic rings. The SMILES string of the molecule is Cc1c(-c2[nH]c3ccc(N4CCN(C(=O)CN(C)C(C)(C)C)C[C@@H]4C)nc3c2C(C)C)cn2ncnc2c1C. The zero-order valence-corrected chi connectivity index (χ0v) is 24.8. The minimum absolute atomic E-state index is 0.0375. The molecule has 5 rings (SSSR count). The van der Waals surface area contributed by atoms with Gasteiger partial charge in [-0.15, -0.1) is 0 Å². The third-order valence-corrected chi connectivity index (χ3v) is 8.43. The molecule has 9 nitrogen and oxygen atoms in total. The molecule has 1 N–H and O–H groups in total. The lowest BCUT2D eigenvalue weighted by molar-refractivity contribution is -0.134. The van der Waals surface area contributed by atoms with Crippen LogP contribution in [0.5, 0.6) is 0 Å². The Bertz CT molecular complexity index is 1530. The molecule has 0 aliphatic carbocycles. The number of hydrogen-bond donors (Lipinski definition) is 1. The molecule has 4 aromatic heterocycles. The van der Waals surface area contributed by atoms with E-state index in [0.717, 1.165) is 45.9 Å². The van der Waals surface area contributed by atoms with Crippen LogP contribution < -0.4 is 4.90 Å². The molecule has 39 heavy (non-hydrogen) atoms. The summed E-state index contributed by atoms with van der Waals surface area (Å²) in [7, 11) is 2.01. The minimum atomic E-state index is -0.0375. The van der Waals surface area contributed by atoms with Gasteiger partial charge in [0.05, 0.1) is 23.3 Å². The van der Waals surface area contributed by atoms with E-state index < -0.39 is 0 Å². The third-order valence-electron chi connectivity index (χ3n) is 8.43. The van der Waals surface area contributed by atoms with Crippen LogP contribution in [0.4, 0.5) is 5.82 Å². The highest BCUT2D eigenvalue weighted by molar-refractivity contribution is 5.90. The first-order valence-corrected chi connectivity index (χ1v) is 13.9. The van der Waals surface area contributed by atoms with Crippen LogP contribution in [0.1, 0.15) is 64.2 Å². The maximum Gasteiger partial charge on any atom is 0.236 e. The monoisotopic (exact) mass is 530 g/mol. The van der Waals surface area contributed by atoms with Crippen molar-refractivity contribution in [2.24, 2.45) is 0 Å². The van der Waals surface area contributed by atoms with Crippen molar-refractivity contribution in [1.82, 2.24) is 34.4 Å². The third kappa shape index (κ3) is 4.88. The van der Waals surface area contributed by atoms with E-state index in [1.54, 1.807) is 6.33 Å². The number of aromatic nitrogens is 5. The number of carbonyl (C=O) groups is 1. The number of likely N-dealkylation sites (N-methyl/N-ethyl adjacent to an activating group) is 1. The van der Waals surface area contributed by atoms with Crippen molar-refractivity contribution in [3.05, 3.63) is 41.3 Å². The molecule has 0 radical (unpaired) electrons. The molecule has 0 bridgehead atoms. The highest BCUT2D eigenvalue weighted by atomic mass is 16.2. The number of piperazine rings is 1. The first kappa shape index (κ1) is 27.1. The van der Waals surface area contributed by atoms with Crippen LogP contribution in [0.15, 0.2) is 24.7 Å². The molecule has 1 atom stereocenters. The molecule has 1 fully saturated rings. The zero-order valence-electron chi connectivity index (χ0n) is 24.8. The van der Waals surface area contributed by atoms with Crippen molar-refractivity contribution in [3.63, 3.8) is 0 Å². The van der Waals surface area contributed by atoms with Crippen LogP contribution in [0, 0.1) is 13.8 Å². The second-order valence-corrected chi connectivity index (χ2v) is 12.4. The Hall–Kier alpha value is -3.46. The first-order valence-electron chi connectivity index (χ1n) is 13.9. The van der Waals surface area contributed by atoms with Gasteiger partial charge in [-0.25, -0.2) is 14.5 Å². The van der Waals surface area contributed by atoms with Crippen molar-refractivity contribution < 1.29 is 4.79 Å². The van der Waals surface area contributed by atoms with Crippen LogP contribution in [0.25, 0.3) is 27.9 Å². The molecule has 0 saturated carbocycles. The van der Waals surface area contributed by atoms with Gasteiger partial charge in [-0.05, 0) is 77.8 Å². The molecule has 5 heterocycles. The van der Waals surface area contributed by atoms with Crippen LogP contribution in [0.3, 0.4) is 0 Å². The lowest BCUT2D eigenvalue weighted by Crippen LogP contribution is -2.56. The van der Waals surface area contributed by atoms with E-state index in [9.17, 15) is 4.79 Å². The average molecular weight is 531 g/mol. The molecule has 0 spiro atoms. The Kier molecular flexibility index (Phi) is 6.91. The summed E-state index contributed by atoms with van der Waals surface area (Å²) in [4.78, 5) is 32.8. The summed E-state index contributed by atoms with van der Waals surface area (Å²) < 4.78 is 1.86. The summed E-state index contributed by atoms with van der Waals surface area (Å²) in [5.41, 5.74) is 8.62. The van der Waals surface area contributed by atoms with E-state index in [1.165, 1.54) is 11.1 Å². The largest absolute Gasteiger partial charge is 0.353 e. The van der Waals surface area contributed by atoms with Crippen molar-refractivity contribution in [3.8, 4) is 11.3 Å². The van der Waals surface area contributed by atoms with Crippen LogP contribution >= 0.6 is 0 Å². The Morgan fingerprint density at radius 3 is 2.59 bits per heavy atom. The minimum Gasteiger partial charge on any atom is -0.353 e. The van der Waals surface area contributed by atoms with Gasteiger partial charge < -0.3 is 14.8 Å². The smallest absolute Gasteiger partial charge is 0.236 e. The fraction of sp³-hybridized carbons (Fsp3) is 0.533. The normalized spacial score (nSPS) is 16.8. The summed E-state index contributed by atoms with van der Waals surface area (Å²) in [6.07, 6.45) is 3.67. The van der Waals surface area contributed by atoms with Crippen molar-refractivity contribution >= 4 is 28.4 Å². The van der Waals surface area contributed by atoms with Gasteiger partial charge in [0.25, 0.3) is 0 Å². The fourth-order valence-corrected chi connectivity index (χ4v) is 5.53. The molecule has 0 unspecified atom stereocenters. The lowest BCUT2D eigenvalue weighted by atomic mass is 9.95. The number of anilines is 1. The Morgan fingerprint density at radius 1 is 1.18 bits per heavy atom. The van der Waals surface area contributed by atoms with Gasteiger partial charge in [0.15, 0.2) is 5.65 Å². The number of aryl methyl sites for hydroxylation is 1. The van der Waals surface area contributed by atoms with E-state index in [2.05, 4.69) is 98.6 Å². The predicted molar refractivity (Wildman–Crippen MR) is 157 cm³/mol. The van der Waals surface area contributed by atoms with Crippen LogP contribution in [0.2, 0.25) is 0 Å². The molecule has 1 amide bonds. The van der Waals surface area contributed by atoms with Gasteiger partial charge in [0, 0.05) is 48.5 Å². The van der Waals surface area contributed by atoms with Gasteiger partial charge in [-0.2, -0.15) is 5.10 Å². The number of aromatic amines is 1. The van der Waals surface area contributed by atoms with Crippen molar-refractivity contribution in [2.45, 2.75) is 72.9 Å². The summed E-state index contributed by atoms with van der Waals surface area (Å²) in [5.74, 6) is 1.42. The topological polar surface area (TPSA) is 85.7 Å². The second-order valence-electron chi connectivity index (χ2n) is 12.4. The first-order chi connectivity index (χ1) is 18.4. The number of pyridine rings is 2. The van der Waals surface area contributed by atoms with Crippen molar-refractivity contribution in [2.75, 3.05) is 38.1 Å². The Balaban J connectivity index is 1.45. The van der Waals surface area contributed by atoms with E-state index >= 15 is 0 Å². The fourth-order valence-electron chi connectivity index (χ4n) is 5.53. The molecule has 9 heteroatoms. The summed E-state index contributed by atoms with van der Waals surface area (Å²) in [6.45, 7) is 19.9. The quantitative estimate of drug-likeness (QED) is 0.400. The second kappa shape index (κ2) is 9.93. The van der Waals surface area contributed by atoms with E-state index in [4.69, 9.17) is 4.98 Å².